The molecule has 5 nitrogen and oxygen atoms in total. The second kappa shape index (κ2) is 4.79. The van der Waals surface area contributed by atoms with E-state index in [-0.39, 0.29) is 10.8 Å². The number of hydrazine groups is 1. The number of carbonyl (C=O) groups excluding carboxylic acids is 1. The molecule has 0 bridgehead atoms. The van der Waals surface area contributed by atoms with Crippen LogP contribution in [0, 0.1) is 0 Å². The second-order valence-electron chi connectivity index (χ2n) is 4.58. The predicted octanol–water partition coefficient (Wildman–Crippen LogP) is 1.21. The maximum atomic E-state index is 12.1. The average molecular weight is 280 g/mol. The summed E-state index contributed by atoms with van der Waals surface area (Å²) in [6.07, 6.45) is 2.23. The van der Waals surface area contributed by atoms with Gasteiger partial charge in [0.1, 0.15) is 0 Å². The molecule has 0 saturated heterocycles. The summed E-state index contributed by atoms with van der Waals surface area (Å²) in [5.41, 5.74) is 4.52. The molecule has 2 rings (SSSR count). The van der Waals surface area contributed by atoms with E-state index in [1.807, 2.05) is 6.92 Å². The van der Waals surface area contributed by atoms with Gasteiger partial charge in [0.2, 0.25) is 0 Å². The Balaban J connectivity index is 2.54. The summed E-state index contributed by atoms with van der Waals surface area (Å²) in [6, 6.07) is 3.23. The summed E-state index contributed by atoms with van der Waals surface area (Å²) in [4.78, 5) is 12.3. The summed E-state index contributed by atoms with van der Waals surface area (Å²) in [5.74, 6) is -0.299. The lowest BCUT2D eigenvalue weighted by atomic mass is 10.0. The molecular formula is C13H16N2O3S. The van der Waals surface area contributed by atoms with Gasteiger partial charge in [-0.2, -0.15) is 0 Å². The Morgan fingerprint density at radius 2 is 2.00 bits per heavy atom. The lowest BCUT2D eigenvalue weighted by molar-refractivity contribution is 0.0855. The van der Waals surface area contributed by atoms with Crippen molar-refractivity contribution in [2.24, 2.45) is 0 Å². The van der Waals surface area contributed by atoms with Crippen LogP contribution in [0.5, 0.6) is 0 Å². The van der Waals surface area contributed by atoms with Crippen molar-refractivity contribution in [3.63, 3.8) is 0 Å². The number of rotatable bonds is 3. The summed E-state index contributed by atoms with van der Waals surface area (Å²) in [7, 11) is 0.0179. The van der Waals surface area contributed by atoms with Gasteiger partial charge < -0.3 is 0 Å². The minimum atomic E-state index is -3.39. The maximum Gasteiger partial charge on any atom is 0.265 e. The van der Waals surface area contributed by atoms with Gasteiger partial charge in [-0.3, -0.25) is 10.2 Å². The van der Waals surface area contributed by atoms with Crippen LogP contribution >= 0.6 is 0 Å². The molecule has 0 atom stereocenters. The number of hydrogen-bond acceptors (Lipinski definition) is 4. The monoisotopic (exact) mass is 280 g/mol. The van der Waals surface area contributed by atoms with Gasteiger partial charge >= 0.3 is 0 Å². The van der Waals surface area contributed by atoms with Crippen LogP contribution in [0.4, 0.5) is 0 Å². The lowest BCUT2D eigenvalue weighted by Gasteiger charge is -2.15. The first-order valence-electron chi connectivity index (χ1n) is 5.93. The van der Waals surface area contributed by atoms with Crippen molar-refractivity contribution in [1.82, 2.24) is 10.4 Å². The zero-order valence-electron chi connectivity index (χ0n) is 11.1. The minimum Gasteiger partial charge on any atom is -0.285 e. The zero-order valence-corrected chi connectivity index (χ0v) is 11.9. The van der Waals surface area contributed by atoms with Crippen LogP contribution in [0.15, 0.2) is 22.4 Å². The lowest BCUT2D eigenvalue weighted by Crippen LogP contribution is -2.36. The molecule has 1 N–H and O–H groups in total. The Bertz CT molecular complexity index is 661. The first-order valence-corrected chi connectivity index (χ1v) is 7.48. The molecule has 1 heterocycles. The summed E-state index contributed by atoms with van der Waals surface area (Å²) in [6.45, 7) is 1.93. The van der Waals surface area contributed by atoms with Crippen molar-refractivity contribution in [2.45, 2.75) is 18.2 Å². The molecule has 6 heteroatoms. The second-order valence-corrected chi connectivity index (χ2v) is 6.39. The molecule has 0 aromatic heterocycles. The van der Waals surface area contributed by atoms with Gasteiger partial charge in [0.15, 0.2) is 9.84 Å². The van der Waals surface area contributed by atoms with Crippen molar-refractivity contribution < 1.29 is 13.2 Å². The van der Waals surface area contributed by atoms with Crippen LogP contribution in [0.1, 0.15) is 28.4 Å². The minimum absolute atomic E-state index is 0.202. The number of fused-ring (bicyclic) bond motifs is 1. The molecular weight excluding hydrogens is 264 g/mol. The normalized spacial score (nSPS) is 15.6. The fourth-order valence-electron chi connectivity index (χ4n) is 2.02. The number of sulfone groups is 1. The Kier molecular flexibility index (Phi) is 3.47. The molecule has 0 saturated carbocycles. The van der Waals surface area contributed by atoms with Crippen LogP contribution in [-0.2, 0) is 16.3 Å². The standard InChI is InChI=1S/C13H16N2O3S/c1-4-9-7-10-5-6-19(17,18)12(10)8-11(9)13(16)14-15(2)3/h5-8H,4H2,1-3H3,(H,14,16). The molecule has 1 aliphatic rings. The zero-order chi connectivity index (χ0) is 14.2. The third-order valence-electron chi connectivity index (χ3n) is 2.92. The molecule has 1 aromatic carbocycles. The molecule has 0 radical (unpaired) electrons. The van der Waals surface area contributed by atoms with E-state index in [1.165, 1.54) is 16.5 Å². The van der Waals surface area contributed by atoms with Crippen molar-refractivity contribution >= 4 is 21.8 Å². The van der Waals surface area contributed by atoms with Gasteiger partial charge in [0, 0.05) is 25.1 Å². The van der Waals surface area contributed by atoms with E-state index in [9.17, 15) is 13.2 Å². The van der Waals surface area contributed by atoms with Crippen LogP contribution in [0.3, 0.4) is 0 Å². The maximum absolute atomic E-state index is 12.1. The highest BCUT2D eigenvalue weighted by molar-refractivity contribution is 7.94. The molecule has 1 aromatic rings. The number of amides is 1. The Hall–Kier alpha value is -1.66. The third-order valence-corrected chi connectivity index (χ3v) is 4.38. The number of nitrogens with zero attached hydrogens (tertiary/aromatic N) is 1. The number of aryl methyl sites for hydroxylation is 1. The Morgan fingerprint density at radius 3 is 2.58 bits per heavy atom. The molecule has 19 heavy (non-hydrogen) atoms. The van der Waals surface area contributed by atoms with E-state index in [4.69, 9.17) is 0 Å². The van der Waals surface area contributed by atoms with Gasteiger partial charge in [-0.25, -0.2) is 13.4 Å². The van der Waals surface area contributed by atoms with E-state index in [0.29, 0.717) is 17.5 Å². The van der Waals surface area contributed by atoms with Crippen molar-refractivity contribution in [3.05, 3.63) is 34.2 Å². The highest BCUT2D eigenvalue weighted by Gasteiger charge is 2.24. The quantitative estimate of drug-likeness (QED) is 0.845. The van der Waals surface area contributed by atoms with Gasteiger partial charge in [0.25, 0.3) is 5.91 Å². The van der Waals surface area contributed by atoms with E-state index in [0.717, 1.165) is 5.56 Å². The number of nitrogens with one attached hydrogen (secondary N) is 1. The first-order chi connectivity index (χ1) is 8.85. The predicted molar refractivity (Wildman–Crippen MR) is 73.2 cm³/mol. The number of benzene rings is 1. The van der Waals surface area contributed by atoms with Crippen LogP contribution in [-0.4, -0.2) is 33.4 Å². The van der Waals surface area contributed by atoms with E-state index in [2.05, 4.69) is 5.43 Å². The summed E-state index contributed by atoms with van der Waals surface area (Å²) in [5, 5.41) is 2.70. The van der Waals surface area contributed by atoms with Gasteiger partial charge in [-0.1, -0.05) is 6.92 Å². The largest absolute Gasteiger partial charge is 0.285 e. The Labute approximate surface area is 112 Å². The SMILES string of the molecule is CCc1cc2c(cc1C(=O)NN(C)C)S(=O)(=O)C=C2. The third kappa shape index (κ3) is 2.54. The average Bonchev–Trinajstić information content (AvgIpc) is 2.62. The van der Waals surface area contributed by atoms with E-state index in [1.54, 1.807) is 26.2 Å². The van der Waals surface area contributed by atoms with Gasteiger partial charge in [0.05, 0.1) is 4.90 Å². The fourth-order valence-corrected chi connectivity index (χ4v) is 3.23. The van der Waals surface area contributed by atoms with Crippen molar-refractivity contribution in [2.75, 3.05) is 14.1 Å². The molecule has 102 valence electrons. The number of hydrogen-bond donors (Lipinski definition) is 1. The molecule has 0 unspecified atom stereocenters. The molecule has 1 amide bonds. The summed E-state index contributed by atoms with van der Waals surface area (Å²) < 4.78 is 23.6. The van der Waals surface area contributed by atoms with Crippen molar-refractivity contribution in [3.8, 4) is 0 Å². The van der Waals surface area contributed by atoms with Gasteiger partial charge in [-0.05, 0) is 35.8 Å². The molecule has 1 aliphatic heterocycles. The van der Waals surface area contributed by atoms with E-state index >= 15 is 0 Å². The topological polar surface area (TPSA) is 66.5 Å². The van der Waals surface area contributed by atoms with Crippen molar-refractivity contribution in [1.29, 1.82) is 0 Å². The van der Waals surface area contributed by atoms with Crippen LogP contribution in [0.25, 0.3) is 6.08 Å². The van der Waals surface area contributed by atoms with E-state index < -0.39 is 9.84 Å². The highest BCUT2D eigenvalue weighted by atomic mass is 32.2. The molecule has 0 spiro atoms. The number of carbonyl (C=O) groups is 1. The van der Waals surface area contributed by atoms with Crippen LogP contribution in [0.2, 0.25) is 0 Å². The smallest absolute Gasteiger partial charge is 0.265 e. The Morgan fingerprint density at radius 1 is 1.32 bits per heavy atom. The fraction of sp³-hybridized carbons (Fsp3) is 0.308. The first kappa shape index (κ1) is 13.8. The van der Waals surface area contributed by atoms with Crippen LogP contribution < -0.4 is 5.43 Å². The summed E-state index contributed by atoms with van der Waals surface area (Å²) >= 11 is 0. The van der Waals surface area contributed by atoms with Gasteiger partial charge in [-0.15, -0.1) is 0 Å². The molecule has 0 fully saturated rings. The highest BCUT2D eigenvalue weighted by Crippen LogP contribution is 2.30. The molecule has 0 aliphatic carbocycles.